The molecule has 0 bridgehead atoms. The van der Waals surface area contributed by atoms with Crippen LogP contribution in [0.3, 0.4) is 0 Å². The number of hydrogen-bond acceptors (Lipinski definition) is 3. The number of esters is 1. The van der Waals surface area contributed by atoms with Gasteiger partial charge in [-0.25, -0.2) is 0 Å². The number of rotatable bonds is 33. The van der Waals surface area contributed by atoms with Gasteiger partial charge < -0.3 is 9.64 Å². The largest absolute Gasteiger partial charge is 0.462 e. The maximum absolute atomic E-state index is 12.4. The predicted molar refractivity (Wildman–Crippen MR) is 196 cm³/mol. The molecule has 1 unspecified atom stereocenters. The minimum Gasteiger partial charge on any atom is -0.462 e. The molecule has 0 spiro atoms. The average molecular weight is 614 g/mol. The summed E-state index contributed by atoms with van der Waals surface area (Å²) < 4.78 is 5.95. The first-order valence-electron chi connectivity index (χ1n) is 19.0. The SMILES string of the molecule is CCCCC/C=C\C/C=C\CCCCCCCCC(CCCCCCC/C=C\C/C=C\CCCCC)OC(=O)CCN(C)C. The van der Waals surface area contributed by atoms with Crippen molar-refractivity contribution in [2.45, 2.75) is 187 Å². The minimum atomic E-state index is -0.0219. The van der Waals surface area contributed by atoms with Crippen LogP contribution >= 0.6 is 0 Å². The fraction of sp³-hybridized carbons (Fsp3) is 0.780. The average Bonchev–Trinajstić information content (AvgIpc) is 3.01. The van der Waals surface area contributed by atoms with Crippen LogP contribution < -0.4 is 0 Å². The molecule has 0 aromatic heterocycles. The Morgan fingerprint density at radius 2 is 0.886 bits per heavy atom. The Bertz CT molecular complexity index is 705. The van der Waals surface area contributed by atoms with Crippen molar-refractivity contribution in [3.05, 3.63) is 48.6 Å². The minimum absolute atomic E-state index is 0.0219. The molecule has 0 heterocycles. The summed E-state index contributed by atoms with van der Waals surface area (Å²) in [5.41, 5.74) is 0. The molecular weight excluding hydrogens is 538 g/mol. The van der Waals surface area contributed by atoms with Crippen LogP contribution in [0.25, 0.3) is 0 Å². The zero-order chi connectivity index (χ0) is 32.2. The van der Waals surface area contributed by atoms with Crippen LogP contribution in [0.4, 0.5) is 0 Å². The van der Waals surface area contributed by atoms with Crippen molar-refractivity contribution in [3.63, 3.8) is 0 Å². The van der Waals surface area contributed by atoms with E-state index < -0.39 is 0 Å². The predicted octanol–water partition coefficient (Wildman–Crippen LogP) is 12.9. The number of carbonyl (C=O) groups excluding carboxylic acids is 1. The van der Waals surface area contributed by atoms with Crippen LogP contribution in [-0.2, 0) is 9.53 Å². The summed E-state index contributed by atoms with van der Waals surface area (Å²) in [6, 6.07) is 0. The van der Waals surface area contributed by atoms with Gasteiger partial charge in [0.25, 0.3) is 0 Å². The molecule has 3 nitrogen and oxygen atoms in total. The lowest BCUT2D eigenvalue weighted by Crippen LogP contribution is -2.22. The molecule has 0 aliphatic heterocycles. The third-order valence-electron chi connectivity index (χ3n) is 8.26. The molecule has 3 heteroatoms. The number of allylic oxidation sites excluding steroid dienone is 8. The monoisotopic (exact) mass is 614 g/mol. The van der Waals surface area contributed by atoms with Gasteiger partial charge in [0.1, 0.15) is 6.10 Å². The highest BCUT2D eigenvalue weighted by molar-refractivity contribution is 5.69. The molecular formula is C41H75NO2. The third-order valence-corrected chi connectivity index (χ3v) is 8.26. The van der Waals surface area contributed by atoms with E-state index >= 15 is 0 Å². The van der Waals surface area contributed by atoms with Crippen LogP contribution in [0.15, 0.2) is 48.6 Å². The lowest BCUT2D eigenvalue weighted by Gasteiger charge is -2.19. The summed E-state index contributed by atoms with van der Waals surface area (Å²) in [5, 5.41) is 0. The first-order chi connectivity index (χ1) is 21.6. The van der Waals surface area contributed by atoms with Gasteiger partial charge >= 0.3 is 5.97 Å². The van der Waals surface area contributed by atoms with Gasteiger partial charge in [-0.3, -0.25) is 4.79 Å². The van der Waals surface area contributed by atoms with Crippen LogP contribution in [0, 0.1) is 0 Å². The first kappa shape index (κ1) is 42.4. The van der Waals surface area contributed by atoms with E-state index in [2.05, 4.69) is 67.4 Å². The van der Waals surface area contributed by atoms with Gasteiger partial charge in [-0.1, -0.05) is 133 Å². The Kier molecular flexibility index (Phi) is 34.6. The van der Waals surface area contributed by atoms with E-state index in [1.165, 1.54) is 135 Å². The summed E-state index contributed by atoms with van der Waals surface area (Å²) in [5.74, 6) is -0.0219. The quantitative estimate of drug-likeness (QED) is 0.0419. The Morgan fingerprint density at radius 1 is 0.523 bits per heavy atom. The molecule has 0 rings (SSSR count). The smallest absolute Gasteiger partial charge is 0.307 e. The van der Waals surface area contributed by atoms with Gasteiger partial charge in [0.05, 0.1) is 6.42 Å². The number of hydrogen-bond donors (Lipinski definition) is 0. The fourth-order valence-corrected chi connectivity index (χ4v) is 5.37. The normalized spacial score (nSPS) is 13.0. The molecule has 0 aromatic carbocycles. The lowest BCUT2D eigenvalue weighted by atomic mass is 10.0. The maximum atomic E-state index is 12.4. The van der Waals surface area contributed by atoms with Gasteiger partial charge in [-0.15, -0.1) is 0 Å². The van der Waals surface area contributed by atoms with Crippen LogP contribution in [0.5, 0.6) is 0 Å². The summed E-state index contributed by atoms with van der Waals surface area (Å²) in [6.45, 7) is 5.28. The molecule has 0 aromatic rings. The zero-order valence-corrected chi connectivity index (χ0v) is 30.1. The third kappa shape index (κ3) is 34.9. The highest BCUT2D eigenvalue weighted by Gasteiger charge is 2.14. The highest BCUT2D eigenvalue weighted by Crippen LogP contribution is 2.18. The molecule has 0 saturated heterocycles. The second-order valence-electron chi connectivity index (χ2n) is 13.1. The van der Waals surface area contributed by atoms with Crippen LogP contribution in [-0.4, -0.2) is 37.6 Å². The molecule has 44 heavy (non-hydrogen) atoms. The van der Waals surface area contributed by atoms with Crippen LogP contribution in [0.2, 0.25) is 0 Å². The summed E-state index contributed by atoms with van der Waals surface area (Å²) >= 11 is 0. The number of unbranched alkanes of at least 4 members (excludes halogenated alkanes) is 17. The van der Waals surface area contributed by atoms with Gasteiger partial charge in [0, 0.05) is 6.54 Å². The molecule has 0 N–H and O–H groups in total. The van der Waals surface area contributed by atoms with Crippen molar-refractivity contribution in [1.82, 2.24) is 4.90 Å². The second kappa shape index (κ2) is 35.9. The van der Waals surface area contributed by atoms with Crippen molar-refractivity contribution >= 4 is 5.97 Å². The molecule has 0 radical (unpaired) electrons. The van der Waals surface area contributed by atoms with Gasteiger partial charge in [0.15, 0.2) is 0 Å². The number of carbonyl (C=O) groups is 1. The van der Waals surface area contributed by atoms with Gasteiger partial charge in [0.2, 0.25) is 0 Å². The zero-order valence-electron chi connectivity index (χ0n) is 30.1. The molecule has 0 aliphatic rings. The van der Waals surface area contributed by atoms with Crippen molar-refractivity contribution in [2.24, 2.45) is 0 Å². The Labute approximate surface area is 276 Å². The van der Waals surface area contributed by atoms with E-state index in [4.69, 9.17) is 4.74 Å². The van der Waals surface area contributed by atoms with Crippen LogP contribution in [0.1, 0.15) is 181 Å². The second-order valence-corrected chi connectivity index (χ2v) is 13.1. The van der Waals surface area contributed by atoms with E-state index in [-0.39, 0.29) is 12.1 Å². The maximum Gasteiger partial charge on any atom is 0.307 e. The first-order valence-corrected chi connectivity index (χ1v) is 19.0. The van der Waals surface area contributed by atoms with Crippen molar-refractivity contribution in [2.75, 3.05) is 20.6 Å². The van der Waals surface area contributed by atoms with Crippen molar-refractivity contribution in [3.8, 4) is 0 Å². The summed E-state index contributed by atoms with van der Waals surface area (Å²) in [4.78, 5) is 14.5. The number of nitrogens with zero attached hydrogens (tertiary/aromatic N) is 1. The lowest BCUT2D eigenvalue weighted by molar-refractivity contribution is -0.150. The van der Waals surface area contributed by atoms with Gasteiger partial charge in [-0.2, -0.15) is 0 Å². The molecule has 0 saturated carbocycles. The fourth-order valence-electron chi connectivity index (χ4n) is 5.37. The molecule has 0 aliphatic carbocycles. The van der Waals surface area contributed by atoms with Crippen molar-refractivity contribution < 1.29 is 9.53 Å². The van der Waals surface area contributed by atoms with E-state index in [0.29, 0.717) is 6.42 Å². The standard InChI is InChI=1S/C41H75NO2/c1-5-7-9-11-13-15-17-19-21-23-25-27-29-31-33-35-37-40(44-41(43)38-39-42(3)4)36-34-32-30-28-26-24-22-20-18-16-14-12-10-8-6-2/h13-16,19-22,40H,5-12,17-18,23-39H2,1-4H3/b15-13-,16-14-,21-19-,22-20-. The molecule has 0 amide bonds. The number of ether oxygens (including phenoxy) is 1. The molecule has 1 atom stereocenters. The highest BCUT2D eigenvalue weighted by atomic mass is 16.5. The Hall–Kier alpha value is -1.61. The molecule has 256 valence electrons. The van der Waals surface area contributed by atoms with E-state index in [1.54, 1.807) is 0 Å². The Morgan fingerprint density at radius 3 is 1.27 bits per heavy atom. The molecule has 0 fully saturated rings. The Balaban J connectivity index is 3.98. The van der Waals surface area contributed by atoms with E-state index in [0.717, 1.165) is 32.2 Å². The van der Waals surface area contributed by atoms with E-state index in [9.17, 15) is 4.79 Å². The van der Waals surface area contributed by atoms with Crippen molar-refractivity contribution in [1.29, 1.82) is 0 Å². The summed E-state index contributed by atoms with van der Waals surface area (Å²) in [6.07, 6.45) is 50.3. The topological polar surface area (TPSA) is 29.5 Å². The summed E-state index contributed by atoms with van der Waals surface area (Å²) in [7, 11) is 4.02. The van der Waals surface area contributed by atoms with E-state index in [1.807, 2.05) is 14.1 Å². The van der Waals surface area contributed by atoms with Gasteiger partial charge in [-0.05, 0) is 104 Å².